The van der Waals surface area contributed by atoms with Gasteiger partial charge in [-0.05, 0) is 51.6 Å². The Morgan fingerprint density at radius 1 is 1.20 bits per heavy atom. The van der Waals surface area contributed by atoms with E-state index in [-0.39, 0.29) is 5.54 Å². The topological polar surface area (TPSA) is 28.2 Å². The van der Waals surface area contributed by atoms with E-state index in [1.807, 2.05) is 0 Å². The molecule has 2 heterocycles. The largest absolute Gasteiger partial charge is 0.306 e. The van der Waals surface area contributed by atoms with Crippen LogP contribution in [0.5, 0.6) is 0 Å². The van der Waals surface area contributed by atoms with E-state index in [2.05, 4.69) is 60.9 Å². The second-order valence-corrected chi connectivity index (χ2v) is 7.69. The highest BCUT2D eigenvalue weighted by Crippen LogP contribution is 2.12. The van der Waals surface area contributed by atoms with Crippen LogP contribution in [0.1, 0.15) is 38.6 Å². The Morgan fingerprint density at radius 2 is 2.00 bits per heavy atom. The minimum Gasteiger partial charge on any atom is -0.306 e. The van der Waals surface area contributed by atoms with E-state index in [4.69, 9.17) is 4.98 Å². The van der Waals surface area contributed by atoms with Crippen molar-refractivity contribution in [2.45, 2.75) is 45.8 Å². The van der Waals surface area contributed by atoms with Gasteiger partial charge in [0.2, 0.25) is 0 Å². The van der Waals surface area contributed by atoms with Gasteiger partial charge in [-0.2, -0.15) is 11.8 Å². The van der Waals surface area contributed by atoms with Gasteiger partial charge >= 0.3 is 0 Å². The van der Waals surface area contributed by atoms with Crippen molar-refractivity contribution in [1.29, 1.82) is 0 Å². The van der Waals surface area contributed by atoms with Crippen LogP contribution in [-0.2, 0) is 13.1 Å². The van der Waals surface area contributed by atoms with E-state index in [0.29, 0.717) is 0 Å². The Hall–Kier alpha value is -0.580. The summed E-state index contributed by atoms with van der Waals surface area (Å²) < 4.78 is 0. The number of rotatable bonds is 4. The summed E-state index contributed by atoms with van der Waals surface area (Å²) in [6.45, 7) is 10.8. The lowest BCUT2D eigenvalue weighted by Crippen LogP contribution is -2.35. The lowest BCUT2D eigenvalue weighted by molar-refractivity contribution is 0.283. The summed E-state index contributed by atoms with van der Waals surface area (Å²) in [6, 6.07) is 6.40. The molecule has 4 heteroatoms. The third kappa shape index (κ3) is 5.81. The number of nitrogens with one attached hydrogen (secondary N) is 1. The van der Waals surface area contributed by atoms with Gasteiger partial charge in [-0.25, -0.2) is 0 Å². The molecule has 0 amide bonds. The molecule has 1 N–H and O–H groups in total. The van der Waals surface area contributed by atoms with Crippen molar-refractivity contribution in [3.05, 3.63) is 29.6 Å². The third-order valence-electron chi connectivity index (χ3n) is 3.36. The molecule has 20 heavy (non-hydrogen) atoms. The molecule has 112 valence electrons. The van der Waals surface area contributed by atoms with Gasteiger partial charge in [0.05, 0.1) is 11.4 Å². The van der Waals surface area contributed by atoms with Crippen LogP contribution in [0.4, 0.5) is 0 Å². The number of aromatic nitrogens is 1. The van der Waals surface area contributed by atoms with Crippen molar-refractivity contribution >= 4 is 11.8 Å². The van der Waals surface area contributed by atoms with E-state index in [0.717, 1.165) is 18.8 Å². The van der Waals surface area contributed by atoms with Gasteiger partial charge in [-0.3, -0.25) is 9.88 Å². The van der Waals surface area contributed by atoms with Crippen LogP contribution in [0.3, 0.4) is 0 Å². The van der Waals surface area contributed by atoms with E-state index in [1.54, 1.807) is 0 Å². The predicted octanol–water partition coefficient (Wildman–Crippen LogP) is 2.91. The number of thioether (sulfide) groups is 1. The minimum absolute atomic E-state index is 0.139. The first-order valence-corrected chi connectivity index (χ1v) is 8.68. The first-order chi connectivity index (χ1) is 9.53. The van der Waals surface area contributed by atoms with Crippen LogP contribution < -0.4 is 5.32 Å². The summed E-state index contributed by atoms with van der Waals surface area (Å²) in [6.07, 6.45) is 1.30. The zero-order valence-electron chi connectivity index (χ0n) is 13.0. The minimum atomic E-state index is 0.139. The molecule has 1 aromatic heterocycles. The molecule has 0 aliphatic carbocycles. The Kier molecular flexibility index (Phi) is 5.87. The van der Waals surface area contributed by atoms with E-state index >= 15 is 0 Å². The van der Waals surface area contributed by atoms with Crippen LogP contribution in [0, 0.1) is 0 Å². The number of nitrogens with zero attached hydrogens (tertiary/aromatic N) is 2. The van der Waals surface area contributed by atoms with Gasteiger partial charge in [-0.1, -0.05) is 6.07 Å². The molecule has 1 aliphatic rings. The van der Waals surface area contributed by atoms with Crippen LogP contribution in [0.15, 0.2) is 18.2 Å². The number of pyridine rings is 1. The third-order valence-corrected chi connectivity index (χ3v) is 4.41. The van der Waals surface area contributed by atoms with E-state index in [1.165, 1.54) is 36.7 Å². The monoisotopic (exact) mass is 293 g/mol. The van der Waals surface area contributed by atoms with E-state index in [9.17, 15) is 0 Å². The van der Waals surface area contributed by atoms with Crippen molar-refractivity contribution in [1.82, 2.24) is 15.2 Å². The first kappa shape index (κ1) is 15.8. The van der Waals surface area contributed by atoms with Crippen molar-refractivity contribution in [3.8, 4) is 0 Å². The highest BCUT2D eigenvalue weighted by atomic mass is 32.2. The molecule has 0 saturated carbocycles. The molecule has 1 aliphatic heterocycles. The fourth-order valence-corrected chi connectivity index (χ4v) is 3.18. The van der Waals surface area contributed by atoms with Crippen molar-refractivity contribution in [2.75, 3.05) is 24.6 Å². The maximum absolute atomic E-state index is 4.79. The summed E-state index contributed by atoms with van der Waals surface area (Å²) >= 11 is 2.07. The first-order valence-electron chi connectivity index (χ1n) is 7.53. The summed E-state index contributed by atoms with van der Waals surface area (Å²) in [7, 11) is 0. The summed E-state index contributed by atoms with van der Waals surface area (Å²) in [4.78, 5) is 7.32. The molecular formula is C16H27N3S. The molecule has 0 radical (unpaired) electrons. The van der Waals surface area contributed by atoms with Gasteiger partial charge in [0.25, 0.3) is 0 Å². The Balaban J connectivity index is 1.91. The quantitative estimate of drug-likeness (QED) is 0.924. The SMILES string of the molecule is CC(C)(C)NCc1cccc(CN2CCCSCC2)n1. The molecule has 1 saturated heterocycles. The Morgan fingerprint density at radius 3 is 2.80 bits per heavy atom. The highest BCUT2D eigenvalue weighted by molar-refractivity contribution is 7.99. The molecule has 1 fully saturated rings. The Bertz CT molecular complexity index is 406. The zero-order valence-corrected chi connectivity index (χ0v) is 13.8. The highest BCUT2D eigenvalue weighted by Gasteiger charge is 2.12. The number of hydrogen-bond donors (Lipinski definition) is 1. The summed E-state index contributed by atoms with van der Waals surface area (Å²) in [5.41, 5.74) is 2.48. The molecule has 3 nitrogen and oxygen atoms in total. The van der Waals surface area contributed by atoms with Crippen molar-refractivity contribution in [2.24, 2.45) is 0 Å². The van der Waals surface area contributed by atoms with Gasteiger partial charge in [0.15, 0.2) is 0 Å². The summed E-state index contributed by atoms with van der Waals surface area (Å²) in [5.74, 6) is 2.56. The fourth-order valence-electron chi connectivity index (χ4n) is 2.26. The standard InChI is InChI=1S/C16H27N3S/c1-16(2,3)17-12-14-6-4-7-15(18-14)13-19-8-5-10-20-11-9-19/h4,6-7,17H,5,8-13H2,1-3H3. The lowest BCUT2D eigenvalue weighted by atomic mass is 10.1. The van der Waals surface area contributed by atoms with Crippen LogP contribution in [0.2, 0.25) is 0 Å². The zero-order chi connectivity index (χ0) is 14.4. The van der Waals surface area contributed by atoms with Crippen LogP contribution in [0.25, 0.3) is 0 Å². The fraction of sp³-hybridized carbons (Fsp3) is 0.688. The summed E-state index contributed by atoms with van der Waals surface area (Å²) in [5, 5.41) is 3.50. The van der Waals surface area contributed by atoms with Crippen LogP contribution in [-0.4, -0.2) is 40.0 Å². The van der Waals surface area contributed by atoms with Crippen LogP contribution >= 0.6 is 11.8 Å². The smallest absolute Gasteiger partial charge is 0.0547 e. The van der Waals surface area contributed by atoms with Crippen molar-refractivity contribution in [3.63, 3.8) is 0 Å². The second kappa shape index (κ2) is 7.43. The van der Waals surface area contributed by atoms with Gasteiger partial charge in [-0.15, -0.1) is 0 Å². The predicted molar refractivity (Wildman–Crippen MR) is 88.0 cm³/mol. The maximum Gasteiger partial charge on any atom is 0.0547 e. The average Bonchev–Trinajstić information content (AvgIpc) is 2.65. The van der Waals surface area contributed by atoms with Gasteiger partial charge in [0.1, 0.15) is 0 Å². The molecule has 0 spiro atoms. The molecule has 1 aromatic rings. The molecule has 0 bridgehead atoms. The molecule has 0 atom stereocenters. The molecule has 0 unspecified atom stereocenters. The number of hydrogen-bond acceptors (Lipinski definition) is 4. The molecule has 2 rings (SSSR count). The maximum atomic E-state index is 4.79. The van der Waals surface area contributed by atoms with Gasteiger partial charge < -0.3 is 5.32 Å². The van der Waals surface area contributed by atoms with Crippen molar-refractivity contribution < 1.29 is 0 Å². The normalized spacial score (nSPS) is 17.9. The Labute approximate surface area is 127 Å². The lowest BCUT2D eigenvalue weighted by Gasteiger charge is -2.21. The molecule has 0 aromatic carbocycles. The molecular weight excluding hydrogens is 266 g/mol. The average molecular weight is 293 g/mol. The van der Waals surface area contributed by atoms with E-state index < -0.39 is 0 Å². The van der Waals surface area contributed by atoms with Gasteiger partial charge in [0, 0.05) is 30.9 Å². The second-order valence-electron chi connectivity index (χ2n) is 6.47.